The van der Waals surface area contributed by atoms with Crippen molar-refractivity contribution in [2.24, 2.45) is 7.05 Å². The highest BCUT2D eigenvalue weighted by Crippen LogP contribution is 2.37. The second-order valence-corrected chi connectivity index (χ2v) is 4.65. The van der Waals surface area contributed by atoms with Gasteiger partial charge in [0.25, 0.3) is 0 Å². The van der Waals surface area contributed by atoms with Gasteiger partial charge in [-0.3, -0.25) is 4.68 Å². The summed E-state index contributed by atoms with van der Waals surface area (Å²) in [6.07, 6.45) is -3.75. The maximum absolute atomic E-state index is 12.9. The van der Waals surface area contributed by atoms with Crippen molar-refractivity contribution in [3.8, 4) is 5.75 Å². The Balaban J connectivity index is 2.22. The Morgan fingerprint density at radius 2 is 2.00 bits per heavy atom. The average molecular weight is 299 g/mol. The molecule has 1 aromatic carbocycles. The van der Waals surface area contributed by atoms with Crippen molar-refractivity contribution < 1.29 is 17.9 Å². The summed E-state index contributed by atoms with van der Waals surface area (Å²) < 4.78 is 45.7. The molecule has 0 saturated carbocycles. The summed E-state index contributed by atoms with van der Waals surface area (Å²) in [6, 6.07) is 5.29. The summed E-state index contributed by atoms with van der Waals surface area (Å²) in [4.78, 5) is 0. The summed E-state index contributed by atoms with van der Waals surface area (Å²) >= 11 is 0. The second kappa shape index (κ2) is 5.67. The van der Waals surface area contributed by atoms with E-state index in [9.17, 15) is 13.2 Å². The van der Waals surface area contributed by atoms with E-state index < -0.39 is 11.7 Å². The predicted octanol–water partition coefficient (Wildman–Crippen LogP) is 3.16. The fourth-order valence-corrected chi connectivity index (χ4v) is 1.93. The number of nitrogens with two attached hydrogens (primary N) is 1. The molecular formula is C14H16F3N3O. The highest BCUT2D eigenvalue weighted by atomic mass is 19.4. The van der Waals surface area contributed by atoms with E-state index in [-0.39, 0.29) is 18.0 Å². The van der Waals surface area contributed by atoms with E-state index in [1.807, 2.05) is 13.0 Å². The summed E-state index contributed by atoms with van der Waals surface area (Å²) in [5, 5.41) is 4.22. The molecule has 4 nitrogen and oxygen atoms in total. The average Bonchev–Trinajstić information content (AvgIpc) is 2.77. The highest BCUT2D eigenvalue weighted by Gasteiger charge is 2.34. The lowest BCUT2D eigenvalue weighted by Gasteiger charge is -2.14. The van der Waals surface area contributed by atoms with Gasteiger partial charge in [0.2, 0.25) is 0 Å². The van der Waals surface area contributed by atoms with Gasteiger partial charge in [-0.05, 0) is 30.7 Å². The minimum Gasteiger partial charge on any atom is -0.487 e. The molecule has 1 heterocycles. The summed E-state index contributed by atoms with van der Waals surface area (Å²) in [6.45, 7) is 1.96. The van der Waals surface area contributed by atoms with Gasteiger partial charge in [-0.15, -0.1) is 0 Å². The van der Waals surface area contributed by atoms with Gasteiger partial charge < -0.3 is 10.5 Å². The van der Waals surface area contributed by atoms with Crippen molar-refractivity contribution in [3.05, 3.63) is 41.2 Å². The number of halogens is 3. The van der Waals surface area contributed by atoms with E-state index in [4.69, 9.17) is 10.5 Å². The Morgan fingerprint density at radius 1 is 1.29 bits per heavy atom. The van der Waals surface area contributed by atoms with Crippen molar-refractivity contribution in [2.45, 2.75) is 26.1 Å². The van der Waals surface area contributed by atoms with Crippen LogP contribution in [-0.4, -0.2) is 9.78 Å². The highest BCUT2D eigenvalue weighted by molar-refractivity contribution is 5.49. The zero-order valence-electron chi connectivity index (χ0n) is 11.7. The van der Waals surface area contributed by atoms with Crippen molar-refractivity contribution in [1.29, 1.82) is 0 Å². The third-order valence-corrected chi connectivity index (χ3v) is 3.07. The Hall–Kier alpha value is -2.18. The number of ether oxygens (including phenoxy) is 1. The number of hydrogen-bond donors (Lipinski definition) is 1. The Kier molecular flexibility index (Phi) is 4.11. The quantitative estimate of drug-likeness (QED) is 0.882. The molecule has 0 amide bonds. The molecule has 2 N–H and O–H groups in total. The maximum atomic E-state index is 12.9. The van der Waals surface area contributed by atoms with Crippen molar-refractivity contribution in [2.75, 3.05) is 5.73 Å². The van der Waals surface area contributed by atoms with Gasteiger partial charge in [-0.25, -0.2) is 0 Å². The van der Waals surface area contributed by atoms with E-state index in [1.54, 1.807) is 11.7 Å². The van der Waals surface area contributed by atoms with Crippen LogP contribution >= 0.6 is 0 Å². The number of alkyl halides is 3. The number of nitrogen functional groups attached to an aromatic ring is 1. The van der Waals surface area contributed by atoms with Gasteiger partial charge in [0.1, 0.15) is 12.4 Å². The van der Waals surface area contributed by atoms with Crippen LogP contribution in [0.15, 0.2) is 24.3 Å². The molecule has 0 aliphatic carbocycles. The van der Waals surface area contributed by atoms with Crippen LogP contribution in [0.4, 0.5) is 18.9 Å². The van der Waals surface area contributed by atoms with Crippen molar-refractivity contribution in [1.82, 2.24) is 9.78 Å². The molecular weight excluding hydrogens is 283 g/mol. The van der Waals surface area contributed by atoms with E-state index in [0.717, 1.165) is 18.2 Å². The third kappa shape index (κ3) is 3.48. The zero-order valence-corrected chi connectivity index (χ0v) is 11.7. The van der Waals surface area contributed by atoms with Gasteiger partial charge >= 0.3 is 6.18 Å². The number of rotatable bonds is 4. The van der Waals surface area contributed by atoms with Crippen LogP contribution in [0, 0.1) is 0 Å². The predicted molar refractivity (Wildman–Crippen MR) is 72.8 cm³/mol. The lowest BCUT2D eigenvalue weighted by molar-refractivity contribution is -0.139. The lowest BCUT2D eigenvalue weighted by Crippen LogP contribution is -2.10. The number of nitrogens with zero attached hydrogens (tertiary/aromatic N) is 2. The molecule has 7 heteroatoms. The van der Waals surface area contributed by atoms with Crippen LogP contribution in [0.1, 0.15) is 23.9 Å². The first kappa shape index (κ1) is 15.2. The third-order valence-electron chi connectivity index (χ3n) is 3.07. The summed E-state index contributed by atoms with van der Waals surface area (Å²) in [7, 11) is 1.73. The van der Waals surface area contributed by atoms with E-state index in [0.29, 0.717) is 5.69 Å². The molecule has 0 atom stereocenters. The number of aryl methyl sites for hydroxylation is 2. The Morgan fingerprint density at radius 3 is 2.57 bits per heavy atom. The lowest BCUT2D eigenvalue weighted by atomic mass is 10.1. The second-order valence-electron chi connectivity index (χ2n) is 4.65. The molecule has 0 aliphatic heterocycles. The fourth-order valence-electron chi connectivity index (χ4n) is 1.93. The van der Waals surface area contributed by atoms with Crippen molar-refractivity contribution in [3.63, 3.8) is 0 Å². The Bertz CT molecular complexity index is 635. The van der Waals surface area contributed by atoms with Crippen LogP contribution in [0.5, 0.6) is 5.75 Å². The van der Waals surface area contributed by atoms with Gasteiger partial charge in [0.05, 0.1) is 17.0 Å². The topological polar surface area (TPSA) is 53.1 Å². The molecule has 0 saturated heterocycles. The monoisotopic (exact) mass is 299 g/mol. The van der Waals surface area contributed by atoms with E-state index >= 15 is 0 Å². The molecule has 0 aliphatic rings. The largest absolute Gasteiger partial charge is 0.487 e. The standard InChI is InChI=1S/C14H16F3N3O/c1-3-10-7-11(20(2)19-10)8-21-13-5-4-9(18)6-12(13)14(15,16)17/h4-7H,3,8,18H2,1-2H3. The van der Waals surface area contributed by atoms with E-state index in [1.165, 1.54) is 12.1 Å². The van der Waals surface area contributed by atoms with Gasteiger partial charge in [-0.1, -0.05) is 6.92 Å². The first-order chi connectivity index (χ1) is 9.81. The first-order valence-electron chi connectivity index (χ1n) is 6.42. The normalized spacial score (nSPS) is 11.7. The smallest absolute Gasteiger partial charge is 0.420 e. The zero-order chi connectivity index (χ0) is 15.6. The Labute approximate surface area is 120 Å². The van der Waals surface area contributed by atoms with Crippen LogP contribution in [0.2, 0.25) is 0 Å². The van der Waals surface area contributed by atoms with Gasteiger partial charge in [0.15, 0.2) is 0 Å². The molecule has 1 aromatic heterocycles. The minimum absolute atomic E-state index is 0.0104. The molecule has 21 heavy (non-hydrogen) atoms. The molecule has 2 aromatic rings. The van der Waals surface area contributed by atoms with Gasteiger partial charge in [-0.2, -0.15) is 18.3 Å². The molecule has 0 unspecified atom stereocenters. The maximum Gasteiger partial charge on any atom is 0.420 e. The first-order valence-corrected chi connectivity index (χ1v) is 6.42. The van der Waals surface area contributed by atoms with Crippen LogP contribution < -0.4 is 10.5 Å². The number of hydrogen-bond acceptors (Lipinski definition) is 3. The minimum atomic E-state index is -4.51. The SMILES string of the molecule is CCc1cc(COc2ccc(N)cc2C(F)(F)F)n(C)n1. The number of aromatic nitrogens is 2. The van der Waals surface area contributed by atoms with Crippen LogP contribution in [0.25, 0.3) is 0 Å². The number of benzene rings is 1. The summed E-state index contributed by atoms with van der Waals surface area (Å²) in [5.74, 6) is -0.240. The number of anilines is 1. The van der Waals surface area contributed by atoms with E-state index in [2.05, 4.69) is 5.10 Å². The molecule has 0 bridgehead atoms. The molecule has 2 rings (SSSR count). The molecule has 0 spiro atoms. The molecule has 114 valence electrons. The molecule has 0 radical (unpaired) electrons. The van der Waals surface area contributed by atoms with Crippen LogP contribution in [0.3, 0.4) is 0 Å². The fraction of sp³-hybridized carbons (Fsp3) is 0.357. The van der Waals surface area contributed by atoms with Crippen molar-refractivity contribution >= 4 is 5.69 Å². The van der Waals surface area contributed by atoms with Crippen LogP contribution in [-0.2, 0) is 26.3 Å². The summed E-state index contributed by atoms with van der Waals surface area (Å²) in [5.41, 5.74) is 6.15. The van der Waals surface area contributed by atoms with Gasteiger partial charge in [0, 0.05) is 12.7 Å². The molecule has 0 fully saturated rings.